The molecule has 1 fully saturated rings. The lowest BCUT2D eigenvalue weighted by atomic mass is 9.75. The highest BCUT2D eigenvalue weighted by Gasteiger charge is 2.33. The number of carbonyl (C=O) groups is 1. The van der Waals surface area contributed by atoms with Crippen molar-refractivity contribution in [2.45, 2.75) is 70.8 Å². The zero-order valence-electron chi connectivity index (χ0n) is 12.3. The number of ether oxygens (including phenoxy) is 1. The van der Waals surface area contributed by atoms with Gasteiger partial charge in [-0.3, -0.25) is 4.79 Å². The maximum atomic E-state index is 11.7. The topological polar surface area (TPSA) is 52.3 Å². The van der Waals surface area contributed by atoms with Gasteiger partial charge in [-0.05, 0) is 45.4 Å². The molecule has 0 radical (unpaired) electrons. The molecule has 2 N–H and O–H groups in total. The zero-order chi connectivity index (χ0) is 14.0. The van der Waals surface area contributed by atoms with Crippen LogP contribution in [-0.4, -0.2) is 28.6 Å². The molecule has 0 heterocycles. The fourth-order valence-electron chi connectivity index (χ4n) is 2.27. The van der Waals surface area contributed by atoms with Crippen molar-refractivity contribution in [3.05, 3.63) is 0 Å². The molecule has 0 aromatic carbocycles. The van der Waals surface area contributed by atoms with Gasteiger partial charge in [-0.15, -0.1) is 11.8 Å². The molecule has 1 aliphatic carbocycles. The van der Waals surface area contributed by atoms with Crippen molar-refractivity contribution in [2.24, 2.45) is 11.1 Å². The summed E-state index contributed by atoms with van der Waals surface area (Å²) >= 11 is 1.66. The van der Waals surface area contributed by atoms with E-state index in [1.165, 1.54) is 6.42 Å². The van der Waals surface area contributed by atoms with E-state index in [0.717, 1.165) is 12.8 Å². The van der Waals surface area contributed by atoms with Crippen LogP contribution in [0.4, 0.5) is 0 Å². The number of rotatable bonds is 3. The molecule has 2 atom stereocenters. The molecule has 0 amide bonds. The zero-order valence-corrected chi connectivity index (χ0v) is 13.1. The van der Waals surface area contributed by atoms with Gasteiger partial charge in [0.05, 0.1) is 5.75 Å². The summed E-state index contributed by atoms with van der Waals surface area (Å²) in [5.74, 6) is 0.272. The van der Waals surface area contributed by atoms with Gasteiger partial charge in [-0.25, -0.2) is 0 Å². The van der Waals surface area contributed by atoms with Gasteiger partial charge in [-0.2, -0.15) is 0 Å². The Morgan fingerprint density at radius 2 is 2.06 bits per heavy atom. The Bertz CT molecular complexity index is 297. The van der Waals surface area contributed by atoms with Gasteiger partial charge in [-0.1, -0.05) is 13.8 Å². The first kappa shape index (κ1) is 15.8. The molecule has 1 rings (SSSR count). The van der Waals surface area contributed by atoms with Gasteiger partial charge in [0.25, 0.3) is 0 Å². The Balaban J connectivity index is 2.40. The van der Waals surface area contributed by atoms with Crippen LogP contribution < -0.4 is 5.73 Å². The normalized spacial score (nSPS) is 27.9. The van der Waals surface area contributed by atoms with Crippen LogP contribution in [0.15, 0.2) is 0 Å². The number of esters is 1. The van der Waals surface area contributed by atoms with Crippen LogP contribution in [0.5, 0.6) is 0 Å². The summed E-state index contributed by atoms with van der Waals surface area (Å²) in [6.07, 6.45) is 3.32. The standard InChI is InChI=1S/C14H27NO2S/c1-13(2,3)17-12(16)9-18-11-8-14(4,5)7-6-10(11)15/h10-11H,6-9,15H2,1-5H3. The van der Waals surface area contributed by atoms with Crippen LogP contribution in [0.1, 0.15) is 53.9 Å². The Kier molecular flexibility index (Phi) is 5.13. The van der Waals surface area contributed by atoms with Crippen LogP contribution >= 0.6 is 11.8 Å². The first-order valence-electron chi connectivity index (χ1n) is 6.68. The minimum absolute atomic E-state index is 0.136. The largest absolute Gasteiger partial charge is 0.459 e. The van der Waals surface area contributed by atoms with E-state index in [2.05, 4.69) is 13.8 Å². The van der Waals surface area contributed by atoms with Gasteiger partial charge in [0.2, 0.25) is 0 Å². The molecule has 2 unspecified atom stereocenters. The lowest BCUT2D eigenvalue weighted by Crippen LogP contribution is -2.41. The SMILES string of the molecule is CC1(C)CCC(N)C(SCC(=O)OC(C)(C)C)C1. The first-order valence-corrected chi connectivity index (χ1v) is 7.73. The average molecular weight is 273 g/mol. The highest BCUT2D eigenvalue weighted by atomic mass is 32.2. The monoisotopic (exact) mass is 273 g/mol. The Labute approximate surface area is 115 Å². The van der Waals surface area contributed by atoms with Crippen molar-refractivity contribution >= 4 is 17.7 Å². The Morgan fingerprint density at radius 1 is 1.44 bits per heavy atom. The Hall–Kier alpha value is -0.220. The van der Waals surface area contributed by atoms with Crippen LogP contribution in [0, 0.1) is 5.41 Å². The predicted molar refractivity (Wildman–Crippen MR) is 77.7 cm³/mol. The van der Waals surface area contributed by atoms with Crippen molar-refractivity contribution in [2.75, 3.05) is 5.75 Å². The maximum absolute atomic E-state index is 11.7. The fourth-order valence-corrected chi connectivity index (χ4v) is 3.63. The van der Waals surface area contributed by atoms with Crippen molar-refractivity contribution in [3.63, 3.8) is 0 Å². The summed E-state index contributed by atoms with van der Waals surface area (Å²) in [4.78, 5) is 11.7. The van der Waals surface area contributed by atoms with Crippen LogP contribution in [0.25, 0.3) is 0 Å². The molecular formula is C14H27NO2S. The molecule has 3 nitrogen and oxygen atoms in total. The quantitative estimate of drug-likeness (QED) is 0.803. The first-order chi connectivity index (χ1) is 8.09. The number of nitrogens with two attached hydrogens (primary N) is 1. The van der Waals surface area contributed by atoms with Crippen LogP contribution in [0.3, 0.4) is 0 Å². The molecule has 106 valence electrons. The van der Waals surface area contributed by atoms with Crippen molar-refractivity contribution in [1.82, 2.24) is 0 Å². The van der Waals surface area contributed by atoms with Crippen molar-refractivity contribution in [3.8, 4) is 0 Å². The van der Waals surface area contributed by atoms with Gasteiger partial charge >= 0.3 is 5.97 Å². The van der Waals surface area contributed by atoms with E-state index >= 15 is 0 Å². The number of hydrogen-bond acceptors (Lipinski definition) is 4. The maximum Gasteiger partial charge on any atom is 0.316 e. The summed E-state index contributed by atoms with van der Waals surface area (Å²) in [6.45, 7) is 10.2. The Morgan fingerprint density at radius 3 is 2.61 bits per heavy atom. The summed E-state index contributed by atoms with van der Waals surface area (Å²) in [5, 5.41) is 0.376. The molecule has 0 saturated heterocycles. The fraction of sp³-hybridized carbons (Fsp3) is 0.929. The van der Waals surface area contributed by atoms with Crippen LogP contribution in [-0.2, 0) is 9.53 Å². The molecule has 0 aromatic rings. The molecule has 0 aromatic heterocycles. The molecule has 1 aliphatic rings. The molecule has 0 spiro atoms. The van der Waals surface area contributed by atoms with E-state index in [9.17, 15) is 4.79 Å². The highest BCUT2D eigenvalue weighted by molar-refractivity contribution is 8.00. The highest BCUT2D eigenvalue weighted by Crippen LogP contribution is 2.39. The molecule has 0 aliphatic heterocycles. The number of carbonyl (C=O) groups excluding carboxylic acids is 1. The third kappa shape index (κ3) is 5.61. The van der Waals surface area contributed by atoms with E-state index in [4.69, 9.17) is 10.5 Å². The van der Waals surface area contributed by atoms with Gasteiger partial charge in [0.15, 0.2) is 0 Å². The molecule has 1 saturated carbocycles. The van der Waals surface area contributed by atoms with Gasteiger partial charge in [0, 0.05) is 11.3 Å². The summed E-state index contributed by atoms with van der Waals surface area (Å²) < 4.78 is 5.32. The second-order valence-electron chi connectivity index (χ2n) is 7.01. The lowest BCUT2D eigenvalue weighted by molar-refractivity contribution is -0.151. The number of hydrogen-bond donors (Lipinski definition) is 1. The van der Waals surface area contributed by atoms with E-state index in [1.807, 2.05) is 20.8 Å². The third-order valence-corrected chi connectivity index (χ3v) is 4.57. The van der Waals surface area contributed by atoms with Crippen molar-refractivity contribution < 1.29 is 9.53 Å². The summed E-state index contributed by atoms with van der Waals surface area (Å²) in [6, 6.07) is 0.213. The lowest BCUT2D eigenvalue weighted by Gasteiger charge is -2.38. The molecule has 4 heteroatoms. The minimum atomic E-state index is -0.397. The van der Waals surface area contributed by atoms with Crippen LogP contribution in [0.2, 0.25) is 0 Å². The minimum Gasteiger partial charge on any atom is -0.459 e. The molecular weight excluding hydrogens is 246 g/mol. The summed E-state index contributed by atoms with van der Waals surface area (Å²) in [5.41, 5.74) is 6.09. The van der Waals surface area contributed by atoms with E-state index in [1.54, 1.807) is 11.8 Å². The average Bonchev–Trinajstić information content (AvgIpc) is 2.17. The van der Waals surface area contributed by atoms with Crippen molar-refractivity contribution in [1.29, 1.82) is 0 Å². The molecule has 18 heavy (non-hydrogen) atoms. The van der Waals surface area contributed by atoms with E-state index in [-0.39, 0.29) is 12.0 Å². The third-order valence-electron chi connectivity index (χ3n) is 3.22. The predicted octanol–water partition coefficient (Wildman–Crippen LogP) is 2.97. The van der Waals surface area contributed by atoms with Gasteiger partial charge in [0.1, 0.15) is 5.60 Å². The molecule has 0 bridgehead atoms. The smallest absolute Gasteiger partial charge is 0.316 e. The second kappa shape index (κ2) is 5.83. The number of thioether (sulfide) groups is 1. The van der Waals surface area contributed by atoms with E-state index < -0.39 is 5.60 Å². The summed E-state index contributed by atoms with van der Waals surface area (Å²) in [7, 11) is 0. The second-order valence-corrected chi connectivity index (χ2v) is 8.23. The van der Waals surface area contributed by atoms with Gasteiger partial charge < -0.3 is 10.5 Å². The van der Waals surface area contributed by atoms with E-state index in [0.29, 0.717) is 16.4 Å².